The Morgan fingerprint density at radius 1 is 0.962 bits per heavy atom. The van der Waals surface area contributed by atoms with E-state index >= 15 is 0 Å². The Morgan fingerprint density at radius 2 is 1.58 bits per heavy atom. The van der Waals surface area contributed by atoms with E-state index in [1.165, 1.54) is 11.1 Å². The summed E-state index contributed by atoms with van der Waals surface area (Å²) in [5.41, 5.74) is 4.68. The number of hydrogen-bond donors (Lipinski definition) is 1. The van der Waals surface area contributed by atoms with E-state index in [-0.39, 0.29) is 25.2 Å². The lowest BCUT2D eigenvalue weighted by molar-refractivity contribution is -0.151. The van der Waals surface area contributed by atoms with Crippen LogP contribution < -0.4 is 5.32 Å². The van der Waals surface area contributed by atoms with Gasteiger partial charge in [0.15, 0.2) is 0 Å². The summed E-state index contributed by atoms with van der Waals surface area (Å²) in [6.45, 7) is 0.0741. The zero-order valence-corrected chi connectivity index (χ0v) is 14.4. The van der Waals surface area contributed by atoms with E-state index in [1.807, 2.05) is 24.3 Å². The Balaban J connectivity index is 1.34. The fourth-order valence-electron chi connectivity index (χ4n) is 3.51. The molecule has 2 aliphatic carbocycles. The molecule has 0 spiro atoms. The van der Waals surface area contributed by atoms with Crippen molar-refractivity contribution >= 4 is 12.1 Å². The van der Waals surface area contributed by atoms with Crippen LogP contribution in [0.15, 0.2) is 48.5 Å². The summed E-state index contributed by atoms with van der Waals surface area (Å²) in [6.07, 6.45) is 2.34. The number of carbonyl (C=O) groups is 2. The molecule has 1 N–H and O–H groups in total. The zero-order chi connectivity index (χ0) is 17.9. The second kappa shape index (κ2) is 7.20. The molecule has 5 heteroatoms. The van der Waals surface area contributed by atoms with Gasteiger partial charge in [0.25, 0.3) is 0 Å². The second-order valence-corrected chi connectivity index (χ2v) is 6.72. The number of hydrogen-bond acceptors (Lipinski definition) is 4. The maximum Gasteiger partial charge on any atom is 0.407 e. The molecule has 26 heavy (non-hydrogen) atoms. The lowest BCUT2D eigenvalue weighted by Gasteiger charge is -2.25. The molecule has 0 aromatic heterocycles. The van der Waals surface area contributed by atoms with Crippen LogP contribution in [0.4, 0.5) is 4.79 Å². The first-order valence-electron chi connectivity index (χ1n) is 9.00. The highest BCUT2D eigenvalue weighted by Gasteiger charge is 2.29. The summed E-state index contributed by atoms with van der Waals surface area (Å²) in [4.78, 5) is 23.6. The largest absolute Gasteiger partial charge is 0.461 e. The molecule has 0 bridgehead atoms. The van der Waals surface area contributed by atoms with Crippen LogP contribution in [0.1, 0.15) is 36.3 Å². The highest BCUT2D eigenvalue weighted by atomic mass is 16.6. The van der Waals surface area contributed by atoms with Gasteiger partial charge in [-0.2, -0.15) is 0 Å². The Labute approximate surface area is 152 Å². The van der Waals surface area contributed by atoms with Gasteiger partial charge >= 0.3 is 12.1 Å². The van der Waals surface area contributed by atoms with Gasteiger partial charge < -0.3 is 14.8 Å². The molecule has 0 aliphatic heterocycles. The molecule has 1 saturated carbocycles. The summed E-state index contributed by atoms with van der Waals surface area (Å²) in [7, 11) is 0. The monoisotopic (exact) mass is 351 g/mol. The van der Waals surface area contributed by atoms with Crippen molar-refractivity contribution in [1.82, 2.24) is 5.32 Å². The van der Waals surface area contributed by atoms with Crippen LogP contribution in [-0.2, 0) is 14.3 Å². The highest BCUT2D eigenvalue weighted by molar-refractivity contribution is 5.80. The second-order valence-electron chi connectivity index (χ2n) is 6.72. The minimum atomic E-state index is -0.600. The van der Waals surface area contributed by atoms with Gasteiger partial charge in [0.05, 0.1) is 0 Å². The molecular weight excluding hydrogens is 330 g/mol. The summed E-state index contributed by atoms with van der Waals surface area (Å²) < 4.78 is 10.6. The topological polar surface area (TPSA) is 64.6 Å². The lowest BCUT2D eigenvalue weighted by Crippen LogP contribution is -2.35. The molecule has 0 unspecified atom stereocenters. The van der Waals surface area contributed by atoms with Crippen LogP contribution in [0.25, 0.3) is 11.1 Å². The van der Waals surface area contributed by atoms with Crippen LogP contribution in [0.2, 0.25) is 0 Å². The Morgan fingerprint density at radius 3 is 2.15 bits per heavy atom. The predicted octanol–water partition coefficient (Wildman–Crippen LogP) is 3.62. The molecule has 1 fully saturated rings. The third-order valence-corrected chi connectivity index (χ3v) is 5.07. The number of ether oxygens (including phenoxy) is 2. The van der Waals surface area contributed by atoms with Gasteiger partial charge in [0.2, 0.25) is 0 Å². The quantitative estimate of drug-likeness (QED) is 0.836. The van der Waals surface area contributed by atoms with E-state index in [0.717, 1.165) is 30.4 Å². The first kappa shape index (κ1) is 16.6. The van der Waals surface area contributed by atoms with E-state index in [9.17, 15) is 9.59 Å². The van der Waals surface area contributed by atoms with Crippen LogP contribution in [0.3, 0.4) is 0 Å². The van der Waals surface area contributed by atoms with E-state index in [1.54, 1.807) is 0 Å². The average molecular weight is 351 g/mol. The van der Waals surface area contributed by atoms with Crippen molar-refractivity contribution in [2.45, 2.75) is 31.3 Å². The predicted molar refractivity (Wildman–Crippen MR) is 96.8 cm³/mol. The summed E-state index contributed by atoms with van der Waals surface area (Å²) >= 11 is 0. The Bertz CT molecular complexity index is 783. The van der Waals surface area contributed by atoms with Crippen LogP contribution in [0.5, 0.6) is 0 Å². The molecule has 2 aliphatic rings. The first-order valence-corrected chi connectivity index (χ1v) is 9.00. The molecule has 2 aromatic rings. The van der Waals surface area contributed by atoms with Gasteiger partial charge in [-0.25, -0.2) is 4.79 Å². The fraction of sp³-hybridized carbons (Fsp3) is 0.333. The van der Waals surface area contributed by atoms with Crippen molar-refractivity contribution < 1.29 is 19.1 Å². The number of fused-ring (bicyclic) bond motifs is 3. The molecule has 0 saturated heterocycles. The smallest absolute Gasteiger partial charge is 0.407 e. The third kappa shape index (κ3) is 3.29. The molecule has 134 valence electrons. The van der Waals surface area contributed by atoms with Crippen molar-refractivity contribution in [3.8, 4) is 11.1 Å². The molecule has 2 aromatic carbocycles. The van der Waals surface area contributed by atoms with Crippen LogP contribution >= 0.6 is 0 Å². The highest BCUT2D eigenvalue weighted by Crippen LogP contribution is 2.44. The van der Waals surface area contributed by atoms with Gasteiger partial charge in [0.1, 0.15) is 19.3 Å². The van der Waals surface area contributed by atoms with Crippen molar-refractivity contribution in [3.05, 3.63) is 59.7 Å². The number of benzene rings is 2. The van der Waals surface area contributed by atoms with E-state index in [2.05, 4.69) is 29.6 Å². The fourth-order valence-corrected chi connectivity index (χ4v) is 3.51. The molecular formula is C21H21NO4. The Hall–Kier alpha value is -2.82. The van der Waals surface area contributed by atoms with Gasteiger partial charge in [0, 0.05) is 5.92 Å². The maximum atomic E-state index is 12.0. The average Bonchev–Trinajstić information content (AvgIpc) is 2.95. The molecule has 4 rings (SSSR count). The van der Waals surface area contributed by atoms with Gasteiger partial charge in [-0.05, 0) is 41.5 Å². The normalized spacial score (nSPS) is 15.5. The van der Waals surface area contributed by atoms with Crippen molar-refractivity contribution in [2.75, 3.05) is 13.2 Å². The third-order valence-electron chi connectivity index (χ3n) is 5.07. The summed E-state index contributed by atoms with van der Waals surface area (Å²) in [5.74, 6) is -0.404. The van der Waals surface area contributed by atoms with E-state index in [0.29, 0.717) is 0 Å². The molecule has 5 nitrogen and oxygen atoms in total. The number of esters is 1. The number of amides is 1. The minimum absolute atomic E-state index is 0.00933. The maximum absolute atomic E-state index is 12.0. The molecule has 0 heterocycles. The van der Waals surface area contributed by atoms with E-state index in [4.69, 9.17) is 9.47 Å². The van der Waals surface area contributed by atoms with Gasteiger partial charge in [-0.3, -0.25) is 4.79 Å². The van der Waals surface area contributed by atoms with Crippen LogP contribution in [-0.4, -0.2) is 31.3 Å². The minimum Gasteiger partial charge on any atom is -0.461 e. The van der Waals surface area contributed by atoms with Gasteiger partial charge in [-0.15, -0.1) is 0 Å². The molecule has 1 amide bonds. The molecule has 0 atom stereocenters. The Kier molecular flexibility index (Phi) is 4.61. The van der Waals surface area contributed by atoms with E-state index < -0.39 is 12.1 Å². The van der Waals surface area contributed by atoms with Crippen molar-refractivity contribution in [2.24, 2.45) is 0 Å². The van der Waals surface area contributed by atoms with Crippen LogP contribution in [0, 0.1) is 0 Å². The standard InChI is InChI=1S/C21H21NO4/c23-20(26-14-6-5-7-14)12-22-21(24)25-13-19-17-10-3-1-8-15(17)16-9-2-4-11-18(16)19/h1-4,8-11,14,19H,5-7,12-13H2,(H,22,24). The number of alkyl carbamates (subject to hydrolysis) is 1. The zero-order valence-electron chi connectivity index (χ0n) is 14.4. The SMILES string of the molecule is O=C(CNC(=O)OCC1c2ccccc2-c2ccccc21)OC1CCC1. The lowest BCUT2D eigenvalue weighted by atomic mass is 9.96. The number of carbonyl (C=O) groups excluding carboxylic acids is 2. The number of nitrogens with one attached hydrogen (secondary N) is 1. The first-order chi connectivity index (χ1) is 12.7. The number of rotatable bonds is 5. The summed E-state index contributed by atoms with van der Waals surface area (Å²) in [6, 6.07) is 16.3. The summed E-state index contributed by atoms with van der Waals surface area (Å²) in [5, 5.41) is 2.47. The van der Waals surface area contributed by atoms with Crippen molar-refractivity contribution in [3.63, 3.8) is 0 Å². The van der Waals surface area contributed by atoms with Crippen molar-refractivity contribution in [1.29, 1.82) is 0 Å². The van der Waals surface area contributed by atoms with Gasteiger partial charge in [-0.1, -0.05) is 48.5 Å². The molecule has 0 radical (unpaired) electrons.